The zero-order valence-corrected chi connectivity index (χ0v) is 18.1. The largest absolute Gasteiger partial charge is 0.375 e. The SMILES string of the molecule is COC(OC)C1CCC(OC2CCN(c3cc(C)cc(Br)c3F)CC2)CC1. The fourth-order valence-corrected chi connectivity index (χ4v) is 4.98. The Hall–Kier alpha value is -0.690. The van der Waals surface area contributed by atoms with Crippen LogP contribution in [0.15, 0.2) is 16.6 Å². The quantitative estimate of drug-likeness (QED) is 0.574. The van der Waals surface area contributed by atoms with E-state index in [1.165, 1.54) is 0 Å². The predicted molar refractivity (Wildman–Crippen MR) is 109 cm³/mol. The van der Waals surface area contributed by atoms with Crippen molar-refractivity contribution in [2.45, 2.75) is 63.9 Å². The molecule has 1 heterocycles. The summed E-state index contributed by atoms with van der Waals surface area (Å²) >= 11 is 3.32. The molecule has 27 heavy (non-hydrogen) atoms. The van der Waals surface area contributed by atoms with Crippen molar-refractivity contribution in [1.82, 2.24) is 0 Å². The number of hydrogen-bond donors (Lipinski definition) is 0. The van der Waals surface area contributed by atoms with Gasteiger partial charge in [0.05, 0.1) is 22.4 Å². The molecule has 1 saturated heterocycles. The van der Waals surface area contributed by atoms with Crippen molar-refractivity contribution in [1.29, 1.82) is 0 Å². The van der Waals surface area contributed by atoms with Crippen molar-refractivity contribution in [2.24, 2.45) is 5.92 Å². The van der Waals surface area contributed by atoms with E-state index in [0.29, 0.717) is 22.2 Å². The van der Waals surface area contributed by atoms with E-state index in [9.17, 15) is 4.39 Å². The number of halogens is 2. The second-order valence-electron chi connectivity index (χ2n) is 7.78. The van der Waals surface area contributed by atoms with Crippen LogP contribution in [0.1, 0.15) is 44.1 Å². The Morgan fingerprint density at radius 2 is 1.59 bits per heavy atom. The van der Waals surface area contributed by atoms with Crippen molar-refractivity contribution in [2.75, 3.05) is 32.2 Å². The standard InChI is InChI=1S/C21H31BrFNO3/c1-14-12-18(22)20(23)19(13-14)24-10-8-17(9-11-24)27-16-6-4-15(5-7-16)21(25-2)26-3/h12-13,15-17,21H,4-11H2,1-3H3. The summed E-state index contributed by atoms with van der Waals surface area (Å²) in [4.78, 5) is 2.14. The Bertz CT molecular complexity index is 610. The molecule has 1 aliphatic heterocycles. The molecule has 0 aromatic heterocycles. The number of piperidine rings is 1. The minimum Gasteiger partial charge on any atom is -0.375 e. The molecule has 1 aromatic rings. The molecule has 3 rings (SSSR count). The van der Waals surface area contributed by atoms with Crippen molar-refractivity contribution < 1.29 is 18.6 Å². The first-order valence-corrected chi connectivity index (χ1v) is 10.7. The summed E-state index contributed by atoms with van der Waals surface area (Å²) in [7, 11) is 3.42. The van der Waals surface area contributed by atoms with Crippen LogP contribution in [0.25, 0.3) is 0 Å². The summed E-state index contributed by atoms with van der Waals surface area (Å²) in [6.45, 7) is 3.67. The first-order chi connectivity index (χ1) is 13.0. The van der Waals surface area contributed by atoms with E-state index in [-0.39, 0.29) is 18.2 Å². The lowest BCUT2D eigenvalue weighted by atomic mass is 9.86. The van der Waals surface area contributed by atoms with E-state index in [2.05, 4.69) is 20.8 Å². The van der Waals surface area contributed by atoms with Gasteiger partial charge in [0.2, 0.25) is 0 Å². The fourth-order valence-electron chi connectivity index (χ4n) is 4.42. The van der Waals surface area contributed by atoms with Crippen molar-refractivity contribution >= 4 is 21.6 Å². The molecular weight excluding hydrogens is 413 g/mol. The number of hydrogen-bond acceptors (Lipinski definition) is 4. The highest BCUT2D eigenvalue weighted by Crippen LogP contribution is 2.33. The average Bonchev–Trinajstić information content (AvgIpc) is 2.68. The van der Waals surface area contributed by atoms with Gasteiger partial charge in [-0.15, -0.1) is 0 Å². The number of nitrogens with zero attached hydrogens (tertiary/aromatic N) is 1. The summed E-state index contributed by atoms with van der Waals surface area (Å²) in [5.74, 6) is 0.300. The maximum absolute atomic E-state index is 14.5. The maximum atomic E-state index is 14.5. The normalized spacial score (nSPS) is 24.6. The molecule has 0 radical (unpaired) electrons. The number of anilines is 1. The molecule has 1 aliphatic carbocycles. The second kappa shape index (κ2) is 9.68. The molecule has 0 unspecified atom stereocenters. The lowest BCUT2D eigenvalue weighted by molar-refractivity contribution is -0.153. The molecule has 0 N–H and O–H groups in total. The molecule has 4 nitrogen and oxygen atoms in total. The minimum atomic E-state index is -0.163. The summed E-state index contributed by atoms with van der Waals surface area (Å²) in [6, 6.07) is 3.76. The molecule has 1 saturated carbocycles. The number of methoxy groups -OCH3 is 2. The van der Waals surface area contributed by atoms with Crippen LogP contribution in [-0.4, -0.2) is 45.8 Å². The van der Waals surface area contributed by atoms with E-state index in [1.807, 2.05) is 19.1 Å². The van der Waals surface area contributed by atoms with Gasteiger partial charge in [0.1, 0.15) is 0 Å². The van der Waals surface area contributed by atoms with E-state index in [0.717, 1.165) is 57.2 Å². The van der Waals surface area contributed by atoms with Gasteiger partial charge in [-0.1, -0.05) is 0 Å². The number of benzene rings is 1. The Morgan fingerprint density at radius 1 is 1.00 bits per heavy atom. The first kappa shape index (κ1) is 21.0. The molecule has 2 fully saturated rings. The van der Waals surface area contributed by atoms with Gasteiger partial charge >= 0.3 is 0 Å². The van der Waals surface area contributed by atoms with Gasteiger partial charge in [-0.05, 0) is 79.1 Å². The van der Waals surface area contributed by atoms with Crippen molar-refractivity contribution in [3.8, 4) is 0 Å². The Kier molecular flexibility index (Phi) is 7.54. The second-order valence-corrected chi connectivity index (χ2v) is 8.63. The topological polar surface area (TPSA) is 30.9 Å². The molecule has 0 amide bonds. The van der Waals surface area contributed by atoms with Gasteiger partial charge in [-0.2, -0.15) is 0 Å². The zero-order chi connectivity index (χ0) is 19.4. The molecule has 0 atom stereocenters. The minimum absolute atomic E-state index is 0.0993. The van der Waals surface area contributed by atoms with Crippen LogP contribution in [0.3, 0.4) is 0 Å². The number of rotatable bonds is 6. The van der Waals surface area contributed by atoms with Gasteiger partial charge in [0, 0.05) is 33.2 Å². The summed E-state index contributed by atoms with van der Waals surface area (Å²) in [5.41, 5.74) is 1.77. The predicted octanol–water partition coefficient (Wildman–Crippen LogP) is 5.06. The van der Waals surface area contributed by atoms with Gasteiger partial charge in [0.25, 0.3) is 0 Å². The molecule has 152 valence electrons. The molecule has 6 heteroatoms. The Labute approximate surface area is 170 Å². The monoisotopic (exact) mass is 443 g/mol. The molecule has 2 aliphatic rings. The van der Waals surface area contributed by atoms with Gasteiger partial charge in [0.15, 0.2) is 12.1 Å². The maximum Gasteiger partial charge on any atom is 0.160 e. The van der Waals surface area contributed by atoms with Crippen LogP contribution in [0.2, 0.25) is 0 Å². The van der Waals surface area contributed by atoms with Crippen LogP contribution in [-0.2, 0) is 14.2 Å². The van der Waals surface area contributed by atoms with E-state index in [1.54, 1.807) is 14.2 Å². The van der Waals surface area contributed by atoms with Crippen LogP contribution < -0.4 is 4.90 Å². The highest BCUT2D eigenvalue weighted by atomic mass is 79.9. The van der Waals surface area contributed by atoms with Gasteiger partial charge in [-0.25, -0.2) is 4.39 Å². The number of ether oxygens (including phenoxy) is 3. The Morgan fingerprint density at radius 3 is 2.19 bits per heavy atom. The summed E-state index contributed by atoms with van der Waals surface area (Å²) < 4.78 is 32.2. The van der Waals surface area contributed by atoms with Crippen LogP contribution in [0, 0.1) is 18.7 Å². The smallest absolute Gasteiger partial charge is 0.160 e. The van der Waals surface area contributed by atoms with Gasteiger partial charge < -0.3 is 19.1 Å². The lowest BCUT2D eigenvalue weighted by Crippen LogP contribution is -2.40. The van der Waals surface area contributed by atoms with Crippen LogP contribution in [0.5, 0.6) is 0 Å². The van der Waals surface area contributed by atoms with E-state index >= 15 is 0 Å². The first-order valence-electron chi connectivity index (χ1n) is 9.93. The highest BCUT2D eigenvalue weighted by molar-refractivity contribution is 9.10. The van der Waals surface area contributed by atoms with Gasteiger partial charge in [-0.3, -0.25) is 0 Å². The van der Waals surface area contributed by atoms with Crippen LogP contribution >= 0.6 is 15.9 Å². The average molecular weight is 444 g/mol. The third kappa shape index (κ3) is 5.22. The zero-order valence-electron chi connectivity index (χ0n) is 16.5. The lowest BCUT2D eigenvalue weighted by Gasteiger charge is -2.38. The third-order valence-electron chi connectivity index (χ3n) is 5.89. The highest BCUT2D eigenvalue weighted by Gasteiger charge is 2.30. The fraction of sp³-hybridized carbons (Fsp3) is 0.714. The summed E-state index contributed by atoms with van der Waals surface area (Å²) in [6.07, 6.45) is 6.69. The van der Waals surface area contributed by atoms with E-state index in [4.69, 9.17) is 14.2 Å². The molecule has 0 bridgehead atoms. The summed E-state index contributed by atoms with van der Waals surface area (Å²) in [5, 5.41) is 0. The molecular formula is C21H31BrFNO3. The van der Waals surface area contributed by atoms with Crippen molar-refractivity contribution in [3.63, 3.8) is 0 Å². The van der Waals surface area contributed by atoms with Crippen LogP contribution in [0.4, 0.5) is 10.1 Å². The molecule has 0 spiro atoms. The van der Waals surface area contributed by atoms with E-state index < -0.39 is 0 Å². The van der Waals surface area contributed by atoms with Crippen molar-refractivity contribution in [3.05, 3.63) is 28.0 Å². The Balaban J connectivity index is 1.47. The molecule has 1 aromatic carbocycles. The third-order valence-corrected chi connectivity index (χ3v) is 6.47. The number of aryl methyl sites for hydroxylation is 1.